The molecule has 0 aliphatic rings. The lowest BCUT2D eigenvalue weighted by Gasteiger charge is -2.06. The van der Waals surface area contributed by atoms with E-state index in [2.05, 4.69) is 33.4 Å². The Bertz CT molecular complexity index is 790. The zero-order chi connectivity index (χ0) is 18.8. The van der Waals surface area contributed by atoms with E-state index in [0.29, 0.717) is 22.2 Å². The van der Waals surface area contributed by atoms with E-state index < -0.39 is 5.97 Å². The normalized spacial score (nSPS) is 10.7. The number of unbranched alkanes of at least 4 members (excludes halogenated alkanes) is 2. The third-order valence-electron chi connectivity index (χ3n) is 3.57. The van der Waals surface area contributed by atoms with Crippen molar-refractivity contribution in [3.8, 4) is 5.75 Å². The molecule has 0 saturated heterocycles. The van der Waals surface area contributed by atoms with Crippen molar-refractivity contribution in [2.75, 3.05) is 0 Å². The predicted molar refractivity (Wildman–Crippen MR) is 105 cm³/mol. The Morgan fingerprint density at radius 1 is 1.15 bits per heavy atom. The van der Waals surface area contributed by atoms with Gasteiger partial charge in [0.15, 0.2) is 0 Å². The fraction of sp³-hybridized carbons (Fsp3) is 0.250. The summed E-state index contributed by atoms with van der Waals surface area (Å²) in [6.45, 7) is 2.09. The van der Waals surface area contributed by atoms with Crippen molar-refractivity contribution in [1.29, 1.82) is 0 Å². The summed E-state index contributed by atoms with van der Waals surface area (Å²) >= 11 is 3.33. The summed E-state index contributed by atoms with van der Waals surface area (Å²) in [4.78, 5) is 23.8. The molecule has 26 heavy (non-hydrogen) atoms. The van der Waals surface area contributed by atoms with Gasteiger partial charge in [0.25, 0.3) is 0 Å². The molecular formula is C20H21BrN2O3. The topological polar surface area (TPSA) is 67.8 Å². The van der Waals surface area contributed by atoms with E-state index in [1.807, 2.05) is 12.1 Å². The second-order valence-electron chi connectivity index (χ2n) is 5.69. The quantitative estimate of drug-likeness (QED) is 0.223. The lowest BCUT2D eigenvalue weighted by molar-refractivity contribution is -0.121. The second kappa shape index (κ2) is 10.5. The summed E-state index contributed by atoms with van der Waals surface area (Å²) in [5, 5.41) is 3.94. The molecule has 0 spiro atoms. The van der Waals surface area contributed by atoms with Crippen LogP contribution in [0.4, 0.5) is 0 Å². The van der Waals surface area contributed by atoms with E-state index in [0.717, 1.165) is 24.8 Å². The molecule has 0 aliphatic carbocycles. The number of benzene rings is 2. The molecule has 0 aliphatic heterocycles. The van der Waals surface area contributed by atoms with Crippen molar-refractivity contribution in [1.82, 2.24) is 5.43 Å². The molecule has 0 aromatic heterocycles. The van der Waals surface area contributed by atoms with Gasteiger partial charge in [0.1, 0.15) is 5.75 Å². The molecule has 6 heteroatoms. The minimum Gasteiger partial charge on any atom is -0.423 e. The van der Waals surface area contributed by atoms with Gasteiger partial charge in [-0.2, -0.15) is 5.10 Å². The maximum atomic E-state index is 12.2. The minimum atomic E-state index is -0.448. The van der Waals surface area contributed by atoms with Crippen LogP contribution in [-0.4, -0.2) is 18.1 Å². The molecular weight excluding hydrogens is 396 g/mol. The van der Waals surface area contributed by atoms with E-state index in [1.54, 1.807) is 36.4 Å². The van der Waals surface area contributed by atoms with Gasteiger partial charge in [-0.25, -0.2) is 10.2 Å². The predicted octanol–water partition coefficient (Wildman–Crippen LogP) is 4.70. The van der Waals surface area contributed by atoms with Crippen LogP contribution in [0.25, 0.3) is 0 Å². The van der Waals surface area contributed by atoms with Crippen LogP contribution in [0.3, 0.4) is 0 Å². The summed E-state index contributed by atoms with van der Waals surface area (Å²) in [5.74, 6) is -0.147. The molecule has 0 atom stereocenters. The number of carbonyl (C=O) groups excluding carboxylic acids is 2. The summed E-state index contributed by atoms with van der Waals surface area (Å²) in [7, 11) is 0. The number of hydrogen-bond acceptors (Lipinski definition) is 4. The fourth-order valence-corrected chi connectivity index (χ4v) is 2.66. The van der Waals surface area contributed by atoms with Crippen molar-refractivity contribution in [2.24, 2.45) is 5.10 Å². The average molecular weight is 417 g/mol. The van der Waals surface area contributed by atoms with Gasteiger partial charge in [-0.1, -0.05) is 44.0 Å². The van der Waals surface area contributed by atoms with Gasteiger partial charge in [0.05, 0.1) is 11.8 Å². The number of halogens is 1. The standard InChI is InChI=1S/C20H21BrN2O3/c1-2-3-4-12-19(24)23-22-14-15-8-7-9-16(13-15)26-20(25)17-10-5-6-11-18(17)21/h5-11,13-14H,2-4,12H2,1H3,(H,23,24). The zero-order valence-corrected chi connectivity index (χ0v) is 16.2. The number of carbonyl (C=O) groups is 2. The van der Waals surface area contributed by atoms with Crippen LogP contribution in [0, 0.1) is 0 Å². The first kappa shape index (κ1) is 19.8. The molecule has 0 unspecified atom stereocenters. The highest BCUT2D eigenvalue weighted by atomic mass is 79.9. The number of nitrogens with one attached hydrogen (secondary N) is 1. The van der Waals surface area contributed by atoms with E-state index in [-0.39, 0.29) is 5.91 Å². The smallest absolute Gasteiger partial charge is 0.344 e. The fourth-order valence-electron chi connectivity index (χ4n) is 2.22. The number of hydrazone groups is 1. The second-order valence-corrected chi connectivity index (χ2v) is 6.55. The van der Waals surface area contributed by atoms with Crippen molar-refractivity contribution < 1.29 is 14.3 Å². The largest absolute Gasteiger partial charge is 0.423 e. The summed E-state index contributed by atoms with van der Waals surface area (Å²) in [5.41, 5.74) is 3.67. The number of hydrogen-bond donors (Lipinski definition) is 1. The first-order chi connectivity index (χ1) is 12.6. The molecule has 1 amide bonds. The van der Waals surface area contributed by atoms with E-state index in [4.69, 9.17) is 4.74 Å². The van der Waals surface area contributed by atoms with Crippen LogP contribution in [-0.2, 0) is 4.79 Å². The number of ether oxygens (including phenoxy) is 1. The Balaban J connectivity index is 1.93. The molecule has 2 aromatic carbocycles. The first-order valence-electron chi connectivity index (χ1n) is 8.49. The Morgan fingerprint density at radius 2 is 1.96 bits per heavy atom. The Hall–Kier alpha value is -2.47. The monoisotopic (exact) mass is 416 g/mol. The van der Waals surface area contributed by atoms with Gasteiger partial charge < -0.3 is 4.74 Å². The van der Waals surface area contributed by atoms with Crippen LogP contribution >= 0.6 is 15.9 Å². The van der Waals surface area contributed by atoms with Gasteiger partial charge in [-0.15, -0.1) is 0 Å². The third kappa shape index (κ3) is 6.44. The molecule has 0 bridgehead atoms. The van der Waals surface area contributed by atoms with Crippen LogP contribution < -0.4 is 10.2 Å². The van der Waals surface area contributed by atoms with Crippen LogP contribution in [0.1, 0.15) is 48.5 Å². The number of esters is 1. The highest BCUT2D eigenvalue weighted by molar-refractivity contribution is 9.10. The van der Waals surface area contributed by atoms with Crippen LogP contribution in [0.15, 0.2) is 58.1 Å². The summed E-state index contributed by atoms with van der Waals surface area (Å²) in [6.07, 6.45) is 4.95. The maximum absolute atomic E-state index is 12.2. The van der Waals surface area contributed by atoms with Gasteiger partial charge in [0.2, 0.25) is 5.91 Å². The van der Waals surface area contributed by atoms with Gasteiger partial charge >= 0.3 is 5.97 Å². The number of rotatable bonds is 8. The molecule has 1 N–H and O–H groups in total. The Labute approximate surface area is 161 Å². The van der Waals surface area contributed by atoms with Crippen molar-refractivity contribution in [2.45, 2.75) is 32.6 Å². The van der Waals surface area contributed by atoms with Crippen molar-refractivity contribution in [3.05, 3.63) is 64.1 Å². The van der Waals surface area contributed by atoms with Crippen LogP contribution in [0.2, 0.25) is 0 Å². The lowest BCUT2D eigenvalue weighted by atomic mass is 10.2. The van der Waals surface area contributed by atoms with Crippen molar-refractivity contribution in [3.63, 3.8) is 0 Å². The third-order valence-corrected chi connectivity index (χ3v) is 4.26. The lowest BCUT2D eigenvalue weighted by Crippen LogP contribution is -2.16. The van der Waals surface area contributed by atoms with E-state index >= 15 is 0 Å². The highest BCUT2D eigenvalue weighted by Gasteiger charge is 2.11. The van der Waals surface area contributed by atoms with Crippen molar-refractivity contribution >= 4 is 34.0 Å². The first-order valence-corrected chi connectivity index (χ1v) is 9.28. The Morgan fingerprint density at radius 3 is 2.73 bits per heavy atom. The molecule has 0 heterocycles. The van der Waals surface area contributed by atoms with Crippen LogP contribution in [0.5, 0.6) is 5.75 Å². The molecule has 136 valence electrons. The summed E-state index contributed by atoms with van der Waals surface area (Å²) in [6, 6.07) is 14.0. The molecule has 2 rings (SSSR count). The molecule has 2 aromatic rings. The zero-order valence-electron chi connectivity index (χ0n) is 14.6. The molecule has 0 fully saturated rings. The summed E-state index contributed by atoms with van der Waals surface area (Å²) < 4.78 is 6.07. The highest BCUT2D eigenvalue weighted by Crippen LogP contribution is 2.19. The minimum absolute atomic E-state index is 0.105. The molecule has 0 saturated carbocycles. The average Bonchev–Trinajstić information content (AvgIpc) is 2.62. The molecule has 0 radical (unpaired) electrons. The van der Waals surface area contributed by atoms with Gasteiger partial charge in [-0.05, 0) is 52.2 Å². The van der Waals surface area contributed by atoms with Gasteiger partial charge in [0, 0.05) is 10.9 Å². The SMILES string of the molecule is CCCCCC(=O)NN=Cc1cccc(OC(=O)c2ccccc2Br)c1. The maximum Gasteiger partial charge on any atom is 0.344 e. The Kier molecular flexibility index (Phi) is 8.02. The molecule has 5 nitrogen and oxygen atoms in total. The van der Waals surface area contributed by atoms with E-state index in [9.17, 15) is 9.59 Å². The van der Waals surface area contributed by atoms with E-state index in [1.165, 1.54) is 6.21 Å². The number of nitrogens with zero attached hydrogens (tertiary/aromatic N) is 1. The number of amides is 1. The van der Waals surface area contributed by atoms with Gasteiger partial charge in [-0.3, -0.25) is 4.79 Å².